The Morgan fingerprint density at radius 2 is 2.12 bits per heavy atom. The summed E-state index contributed by atoms with van der Waals surface area (Å²) < 4.78 is 5.61. The Hall–Kier alpha value is -1.79. The van der Waals surface area contributed by atoms with Crippen molar-refractivity contribution in [2.45, 2.75) is 45.6 Å². The number of hydrogen-bond donors (Lipinski definition) is 2. The predicted molar refractivity (Wildman–Crippen MR) is 106 cm³/mol. The van der Waals surface area contributed by atoms with Crippen molar-refractivity contribution in [3.63, 3.8) is 0 Å². The van der Waals surface area contributed by atoms with Crippen LogP contribution in [0.4, 0.5) is 5.69 Å². The van der Waals surface area contributed by atoms with Gasteiger partial charge < -0.3 is 20.7 Å². The molecule has 2 rings (SSSR count). The van der Waals surface area contributed by atoms with Crippen molar-refractivity contribution in [1.82, 2.24) is 5.32 Å². The van der Waals surface area contributed by atoms with Crippen LogP contribution < -0.4 is 20.7 Å². The SMILES string of the molecule is CCCCC(CN)NC(=O)C1CC(=O)N(c2ccccc2OCC)C1.Cl. The number of ether oxygens (including phenoxy) is 1. The highest BCUT2D eigenvalue weighted by molar-refractivity contribution is 6.01. The molecule has 2 amide bonds. The molecule has 1 aliphatic rings. The molecule has 6 nitrogen and oxygen atoms in total. The van der Waals surface area contributed by atoms with Crippen LogP contribution in [0, 0.1) is 5.92 Å². The number of rotatable bonds is 9. The van der Waals surface area contributed by atoms with E-state index in [0.717, 1.165) is 24.9 Å². The molecule has 0 bridgehead atoms. The molecule has 7 heteroatoms. The Morgan fingerprint density at radius 3 is 2.77 bits per heavy atom. The van der Waals surface area contributed by atoms with Gasteiger partial charge in [0.2, 0.25) is 11.8 Å². The second kappa shape index (κ2) is 11.0. The fraction of sp³-hybridized carbons (Fsp3) is 0.579. The molecular weight excluding hydrogens is 354 g/mol. The van der Waals surface area contributed by atoms with Crippen LogP contribution in [-0.2, 0) is 9.59 Å². The van der Waals surface area contributed by atoms with Gasteiger partial charge in [-0.05, 0) is 25.5 Å². The Balaban J connectivity index is 0.00000338. The molecule has 26 heavy (non-hydrogen) atoms. The van der Waals surface area contributed by atoms with Gasteiger partial charge in [0, 0.05) is 25.6 Å². The highest BCUT2D eigenvalue weighted by Gasteiger charge is 2.36. The van der Waals surface area contributed by atoms with E-state index >= 15 is 0 Å². The monoisotopic (exact) mass is 383 g/mol. The van der Waals surface area contributed by atoms with Gasteiger partial charge in [0.15, 0.2) is 0 Å². The summed E-state index contributed by atoms with van der Waals surface area (Å²) in [5.74, 6) is 0.182. The minimum absolute atomic E-state index is 0. The number of carbonyl (C=O) groups excluding carboxylic acids is 2. The number of nitrogens with one attached hydrogen (secondary N) is 1. The number of carbonyl (C=O) groups is 2. The molecule has 1 aliphatic heterocycles. The van der Waals surface area contributed by atoms with Crippen molar-refractivity contribution in [3.8, 4) is 5.75 Å². The highest BCUT2D eigenvalue weighted by atomic mass is 35.5. The van der Waals surface area contributed by atoms with Crippen LogP contribution in [0.2, 0.25) is 0 Å². The van der Waals surface area contributed by atoms with Gasteiger partial charge in [0.1, 0.15) is 5.75 Å². The van der Waals surface area contributed by atoms with Crippen molar-refractivity contribution in [3.05, 3.63) is 24.3 Å². The van der Waals surface area contributed by atoms with Crippen molar-refractivity contribution < 1.29 is 14.3 Å². The fourth-order valence-corrected chi connectivity index (χ4v) is 3.09. The largest absolute Gasteiger partial charge is 0.492 e. The minimum Gasteiger partial charge on any atom is -0.492 e. The smallest absolute Gasteiger partial charge is 0.227 e. The third kappa shape index (κ3) is 5.61. The van der Waals surface area contributed by atoms with Crippen LogP contribution in [0.5, 0.6) is 5.75 Å². The molecule has 0 aliphatic carbocycles. The lowest BCUT2D eigenvalue weighted by atomic mass is 10.1. The molecule has 1 aromatic rings. The van der Waals surface area contributed by atoms with Crippen LogP contribution in [0.3, 0.4) is 0 Å². The lowest BCUT2D eigenvalue weighted by Gasteiger charge is -2.21. The average molecular weight is 384 g/mol. The van der Waals surface area contributed by atoms with E-state index in [9.17, 15) is 9.59 Å². The van der Waals surface area contributed by atoms with Crippen molar-refractivity contribution in [2.24, 2.45) is 11.7 Å². The summed E-state index contributed by atoms with van der Waals surface area (Å²) >= 11 is 0. The third-order valence-electron chi connectivity index (χ3n) is 4.49. The Bertz CT molecular complexity index is 597. The summed E-state index contributed by atoms with van der Waals surface area (Å²) in [6.07, 6.45) is 3.18. The van der Waals surface area contributed by atoms with E-state index in [4.69, 9.17) is 10.5 Å². The van der Waals surface area contributed by atoms with Gasteiger partial charge >= 0.3 is 0 Å². The van der Waals surface area contributed by atoms with E-state index in [1.807, 2.05) is 31.2 Å². The van der Waals surface area contributed by atoms with E-state index in [1.54, 1.807) is 4.90 Å². The Labute approximate surface area is 161 Å². The number of halogens is 1. The minimum atomic E-state index is -0.349. The first kappa shape index (κ1) is 22.3. The number of amides is 2. The number of benzene rings is 1. The Kier molecular flexibility index (Phi) is 9.44. The van der Waals surface area contributed by atoms with Crippen molar-refractivity contribution in [1.29, 1.82) is 0 Å². The molecule has 0 saturated carbocycles. The van der Waals surface area contributed by atoms with Crippen LogP contribution in [0.15, 0.2) is 24.3 Å². The molecule has 0 aromatic heterocycles. The van der Waals surface area contributed by atoms with E-state index in [0.29, 0.717) is 25.4 Å². The standard InChI is InChI=1S/C19H29N3O3.ClH/c1-3-5-8-15(12-20)21-19(24)14-11-18(23)22(13-14)16-9-6-7-10-17(16)25-4-2;/h6-7,9-10,14-15H,3-5,8,11-13,20H2,1-2H3,(H,21,24);1H. The molecule has 2 atom stereocenters. The zero-order valence-corrected chi connectivity index (χ0v) is 16.4. The maximum absolute atomic E-state index is 12.5. The highest BCUT2D eigenvalue weighted by Crippen LogP contribution is 2.33. The molecule has 2 unspecified atom stereocenters. The first-order valence-electron chi connectivity index (χ1n) is 9.13. The molecule has 1 aromatic carbocycles. The molecule has 3 N–H and O–H groups in total. The predicted octanol–water partition coefficient (Wildman–Crippen LogP) is 2.49. The average Bonchev–Trinajstić information content (AvgIpc) is 3.01. The molecular formula is C19H30ClN3O3. The first-order valence-corrected chi connectivity index (χ1v) is 9.13. The summed E-state index contributed by atoms with van der Waals surface area (Å²) in [4.78, 5) is 26.6. The number of nitrogens with zero attached hydrogens (tertiary/aromatic N) is 1. The van der Waals surface area contributed by atoms with Gasteiger partial charge in [-0.1, -0.05) is 31.9 Å². The fourth-order valence-electron chi connectivity index (χ4n) is 3.09. The summed E-state index contributed by atoms with van der Waals surface area (Å²) in [5.41, 5.74) is 6.48. The maximum Gasteiger partial charge on any atom is 0.227 e. The second-order valence-corrected chi connectivity index (χ2v) is 6.39. The van der Waals surface area contributed by atoms with E-state index in [1.165, 1.54) is 0 Å². The summed E-state index contributed by atoms with van der Waals surface area (Å²) in [5, 5.41) is 3.00. The molecule has 0 spiro atoms. The molecule has 1 saturated heterocycles. The topological polar surface area (TPSA) is 84.7 Å². The second-order valence-electron chi connectivity index (χ2n) is 6.39. The van der Waals surface area contributed by atoms with E-state index in [2.05, 4.69) is 12.2 Å². The number of unbranched alkanes of at least 4 members (excludes halogenated alkanes) is 1. The van der Waals surface area contributed by atoms with Crippen molar-refractivity contribution in [2.75, 3.05) is 24.6 Å². The number of hydrogen-bond acceptors (Lipinski definition) is 4. The van der Waals surface area contributed by atoms with Gasteiger partial charge in [-0.3, -0.25) is 9.59 Å². The quantitative estimate of drug-likeness (QED) is 0.686. The summed E-state index contributed by atoms with van der Waals surface area (Å²) in [6, 6.07) is 7.42. The van der Waals surface area contributed by atoms with Crippen LogP contribution in [0.25, 0.3) is 0 Å². The summed E-state index contributed by atoms with van der Waals surface area (Å²) in [6.45, 7) is 5.34. The number of anilines is 1. The normalized spacial score (nSPS) is 17.6. The van der Waals surface area contributed by atoms with E-state index < -0.39 is 0 Å². The van der Waals surface area contributed by atoms with Gasteiger partial charge in [0.05, 0.1) is 18.2 Å². The van der Waals surface area contributed by atoms with Crippen LogP contribution in [0.1, 0.15) is 39.5 Å². The maximum atomic E-state index is 12.5. The van der Waals surface area contributed by atoms with Gasteiger partial charge in [-0.2, -0.15) is 0 Å². The van der Waals surface area contributed by atoms with Crippen molar-refractivity contribution >= 4 is 29.9 Å². The summed E-state index contributed by atoms with van der Waals surface area (Å²) in [7, 11) is 0. The first-order chi connectivity index (χ1) is 12.1. The van der Waals surface area contributed by atoms with Gasteiger partial charge in [-0.25, -0.2) is 0 Å². The number of para-hydroxylation sites is 2. The van der Waals surface area contributed by atoms with Crippen LogP contribution >= 0.6 is 12.4 Å². The molecule has 1 heterocycles. The lowest BCUT2D eigenvalue weighted by molar-refractivity contribution is -0.126. The number of nitrogens with two attached hydrogens (primary N) is 1. The van der Waals surface area contributed by atoms with Crippen LogP contribution in [-0.4, -0.2) is 37.6 Å². The molecule has 1 fully saturated rings. The molecule has 146 valence electrons. The van der Waals surface area contributed by atoms with E-state index in [-0.39, 0.29) is 42.6 Å². The van der Waals surface area contributed by atoms with Gasteiger partial charge in [0.25, 0.3) is 0 Å². The Morgan fingerprint density at radius 1 is 1.38 bits per heavy atom. The third-order valence-corrected chi connectivity index (χ3v) is 4.49. The lowest BCUT2D eigenvalue weighted by Crippen LogP contribution is -2.43. The zero-order chi connectivity index (χ0) is 18.2. The molecule has 0 radical (unpaired) electrons. The zero-order valence-electron chi connectivity index (χ0n) is 15.6. The van der Waals surface area contributed by atoms with Gasteiger partial charge in [-0.15, -0.1) is 12.4 Å².